The fourth-order valence-electron chi connectivity index (χ4n) is 5.68. The van der Waals surface area contributed by atoms with E-state index in [2.05, 4.69) is 0 Å². The lowest BCUT2D eigenvalue weighted by Gasteiger charge is -2.41. The smallest absolute Gasteiger partial charge is 0.339 e. The van der Waals surface area contributed by atoms with E-state index in [1.54, 1.807) is 15.9 Å². The number of hydrogen-bond acceptors (Lipinski definition) is 5. The SMILES string of the molecule is CC(=O)N1CCN(C(=O)c2cc(C#N)ccc2C2C3=C(CCC3=O)N(c3cccc(C(F)(F)F)c3)C(=O)N2C)CC1. The Morgan fingerprint density at radius 1 is 0.976 bits per heavy atom. The number of benzene rings is 2. The summed E-state index contributed by atoms with van der Waals surface area (Å²) >= 11 is 0. The number of urea groups is 1. The van der Waals surface area contributed by atoms with Crippen LogP contribution < -0.4 is 4.90 Å². The van der Waals surface area contributed by atoms with Gasteiger partial charge in [-0.3, -0.25) is 19.3 Å². The Morgan fingerprint density at radius 2 is 1.66 bits per heavy atom. The van der Waals surface area contributed by atoms with Crippen LogP contribution in [0.4, 0.5) is 23.7 Å². The van der Waals surface area contributed by atoms with Crippen molar-refractivity contribution in [1.82, 2.24) is 14.7 Å². The van der Waals surface area contributed by atoms with Gasteiger partial charge in [-0.2, -0.15) is 18.4 Å². The predicted octanol–water partition coefficient (Wildman–Crippen LogP) is 4.11. The molecule has 1 atom stereocenters. The molecule has 41 heavy (non-hydrogen) atoms. The summed E-state index contributed by atoms with van der Waals surface area (Å²) < 4.78 is 40.4. The van der Waals surface area contributed by atoms with Crippen LogP contribution in [0, 0.1) is 11.3 Å². The van der Waals surface area contributed by atoms with Crippen LogP contribution in [0.2, 0.25) is 0 Å². The van der Waals surface area contributed by atoms with E-state index >= 15 is 0 Å². The van der Waals surface area contributed by atoms with Crippen LogP contribution in [0.3, 0.4) is 0 Å². The first-order valence-corrected chi connectivity index (χ1v) is 13.0. The summed E-state index contributed by atoms with van der Waals surface area (Å²) in [6.45, 7) is 2.68. The third-order valence-electron chi connectivity index (χ3n) is 7.78. The number of ketones is 1. The summed E-state index contributed by atoms with van der Waals surface area (Å²) in [4.78, 5) is 58.1. The summed E-state index contributed by atoms with van der Waals surface area (Å²) in [5.74, 6) is -0.788. The highest BCUT2D eigenvalue weighted by molar-refractivity contribution is 6.09. The molecule has 2 aliphatic heterocycles. The van der Waals surface area contributed by atoms with E-state index in [1.165, 1.54) is 43.1 Å². The maximum absolute atomic E-state index is 13.8. The molecular weight excluding hydrogens is 539 g/mol. The molecule has 12 heteroatoms. The molecule has 0 bridgehead atoms. The normalized spacial score (nSPS) is 19.5. The number of piperazine rings is 1. The quantitative estimate of drug-likeness (QED) is 0.557. The zero-order chi connectivity index (χ0) is 29.6. The molecule has 3 aliphatic rings. The maximum atomic E-state index is 13.8. The van der Waals surface area contributed by atoms with E-state index in [4.69, 9.17) is 0 Å². The second-order valence-corrected chi connectivity index (χ2v) is 10.2. The average Bonchev–Trinajstić information content (AvgIpc) is 3.33. The highest BCUT2D eigenvalue weighted by atomic mass is 19.4. The molecule has 4 amide bonds. The predicted molar refractivity (Wildman–Crippen MR) is 140 cm³/mol. The highest BCUT2D eigenvalue weighted by Gasteiger charge is 2.46. The first-order chi connectivity index (χ1) is 19.4. The number of Topliss-reactive ketones (excluding diaryl/α,β-unsaturated/α-hetero) is 1. The summed E-state index contributed by atoms with van der Waals surface area (Å²) in [6.07, 6.45) is -4.42. The Kier molecular flexibility index (Phi) is 7.07. The van der Waals surface area contributed by atoms with Crippen LogP contribution in [0.5, 0.6) is 0 Å². The van der Waals surface area contributed by atoms with E-state index in [-0.39, 0.29) is 60.0 Å². The van der Waals surface area contributed by atoms with Crippen molar-refractivity contribution in [2.24, 2.45) is 0 Å². The third-order valence-corrected chi connectivity index (χ3v) is 7.78. The van der Waals surface area contributed by atoms with Crippen molar-refractivity contribution in [3.05, 3.63) is 76.0 Å². The summed E-state index contributed by atoms with van der Waals surface area (Å²) in [6, 6.07) is 9.21. The number of amides is 4. The van der Waals surface area contributed by atoms with Crippen molar-refractivity contribution < 1.29 is 32.3 Å². The first-order valence-electron chi connectivity index (χ1n) is 13.0. The van der Waals surface area contributed by atoms with Crippen molar-refractivity contribution in [3.8, 4) is 6.07 Å². The van der Waals surface area contributed by atoms with Crippen LogP contribution >= 0.6 is 0 Å². The molecule has 2 heterocycles. The van der Waals surface area contributed by atoms with Crippen LogP contribution in [0.15, 0.2) is 53.7 Å². The number of carbonyl (C=O) groups excluding carboxylic acids is 4. The van der Waals surface area contributed by atoms with E-state index in [9.17, 15) is 37.6 Å². The molecule has 2 aromatic rings. The Labute approximate surface area is 234 Å². The zero-order valence-electron chi connectivity index (χ0n) is 22.4. The molecule has 9 nitrogen and oxygen atoms in total. The number of alkyl halides is 3. The van der Waals surface area contributed by atoms with E-state index in [0.29, 0.717) is 24.4 Å². The largest absolute Gasteiger partial charge is 0.416 e. The van der Waals surface area contributed by atoms with Gasteiger partial charge < -0.3 is 14.7 Å². The van der Waals surface area contributed by atoms with Crippen LogP contribution in [-0.2, 0) is 15.8 Å². The van der Waals surface area contributed by atoms with Gasteiger partial charge in [-0.05, 0) is 42.3 Å². The van der Waals surface area contributed by atoms with Gasteiger partial charge in [0.2, 0.25) is 5.91 Å². The second-order valence-electron chi connectivity index (χ2n) is 10.2. The van der Waals surface area contributed by atoms with Gasteiger partial charge in [-0.25, -0.2) is 4.79 Å². The molecule has 0 saturated carbocycles. The second kappa shape index (κ2) is 10.4. The zero-order valence-corrected chi connectivity index (χ0v) is 22.4. The number of hydrogen-bond donors (Lipinski definition) is 0. The number of likely N-dealkylation sites (N-methyl/N-ethyl adjacent to an activating group) is 1. The molecule has 1 aliphatic carbocycles. The molecule has 212 valence electrons. The van der Waals surface area contributed by atoms with Gasteiger partial charge in [0.1, 0.15) is 0 Å². The lowest BCUT2D eigenvalue weighted by atomic mass is 9.88. The third kappa shape index (κ3) is 4.92. The summed E-state index contributed by atoms with van der Waals surface area (Å²) in [5, 5.41) is 9.54. The Hall–Kier alpha value is -4.66. The first kappa shape index (κ1) is 27.9. The van der Waals surface area contributed by atoms with Gasteiger partial charge in [0, 0.05) is 63.4 Å². The fraction of sp³-hybridized carbons (Fsp3) is 0.345. The summed E-state index contributed by atoms with van der Waals surface area (Å²) in [7, 11) is 1.43. The molecule has 0 radical (unpaired) electrons. The van der Waals surface area contributed by atoms with Crippen molar-refractivity contribution in [2.75, 3.05) is 38.1 Å². The van der Waals surface area contributed by atoms with Gasteiger partial charge in [-0.1, -0.05) is 12.1 Å². The van der Waals surface area contributed by atoms with E-state index in [0.717, 1.165) is 17.0 Å². The minimum absolute atomic E-state index is 0.0169. The van der Waals surface area contributed by atoms with Gasteiger partial charge in [-0.15, -0.1) is 0 Å². The highest BCUT2D eigenvalue weighted by Crippen LogP contribution is 2.46. The topological polar surface area (TPSA) is 105 Å². The van der Waals surface area contributed by atoms with Gasteiger partial charge in [0.25, 0.3) is 5.91 Å². The van der Waals surface area contributed by atoms with Crippen LogP contribution in [-0.4, -0.2) is 71.6 Å². The summed E-state index contributed by atoms with van der Waals surface area (Å²) in [5.41, 5.74) is 0.266. The van der Waals surface area contributed by atoms with Gasteiger partial charge in [0.05, 0.1) is 28.9 Å². The minimum atomic E-state index is -4.63. The van der Waals surface area contributed by atoms with E-state index < -0.39 is 29.7 Å². The fourth-order valence-corrected chi connectivity index (χ4v) is 5.68. The monoisotopic (exact) mass is 565 g/mol. The number of allylic oxidation sites excluding steroid dienone is 1. The molecule has 5 rings (SSSR count). The molecule has 1 fully saturated rings. The molecule has 2 aromatic carbocycles. The van der Waals surface area contributed by atoms with Gasteiger partial charge in [0.15, 0.2) is 5.78 Å². The van der Waals surface area contributed by atoms with E-state index in [1.807, 2.05) is 6.07 Å². The molecular formula is C29H26F3N5O4. The molecule has 0 aromatic heterocycles. The molecule has 0 spiro atoms. The Bertz CT molecular complexity index is 1540. The molecule has 0 N–H and O–H groups in total. The van der Waals surface area contributed by atoms with Gasteiger partial charge >= 0.3 is 12.2 Å². The number of halogens is 3. The Morgan fingerprint density at radius 3 is 2.29 bits per heavy atom. The lowest BCUT2D eigenvalue weighted by Crippen LogP contribution is -2.51. The molecule has 1 saturated heterocycles. The standard InChI is InChI=1S/C29H26F3N5O4/c1-17(38)35-10-12-36(13-11-35)27(40)22-14-18(16-33)6-7-21(22)26-25-23(8-9-24(25)39)37(28(41)34(26)2)20-5-3-4-19(15-20)29(30,31)32/h3-7,14-15,26H,8-13H2,1-2H3. The van der Waals surface area contributed by atoms with Crippen molar-refractivity contribution in [1.29, 1.82) is 5.26 Å². The number of nitriles is 1. The number of anilines is 1. The number of carbonyl (C=O) groups is 4. The number of nitrogens with zero attached hydrogens (tertiary/aromatic N) is 5. The van der Waals surface area contributed by atoms with Crippen molar-refractivity contribution in [2.45, 2.75) is 32.0 Å². The maximum Gasteiger partial charge on any atom is 0.416 e. The van der Waals surface area contributed by atoms with Crippen molar-refractivity contribution >= 4 is 29.3 Å². The van der Waals surface area contributed by atoms with Crippen LogP contribution in [0.25, 0.3) is 0 Å². The van der Waals surface area contributed by atoms with Crippen molar-refractivity contribution in [3.63, 3.8) is 0 Å². The minimum Gasteiger partial charge on any atom is -0.339 e. The van der Waals surface area contributed by atoms with Crippen LogP contribution in [0.1, 0.15) is 52.9 Å². The molecule has 1 unspecified atom stereocenters. The lowest BCUT2D eigenvalue weighted by molar-refractivity contribution is -0.137. The Balaban J connectivity index is 1.60. The average molecular weight is 566 g/mol. The number of rotatable bonds is 3.